The van der Waals surface area contributed by atoms with Crippen LogP contribution in [0.25, 0.3) is 6.08 Å². The molecule has 1 saturated heterocycles. The number of aliphatic hydroxyl groups excluding tert-OH is 1. The molecule has 1 fully saturated rings. The minimum atomic E-state index is -0.262. The molecule has 0 spiro atoms. The number of fused-ring (bicyclic) bond motifs is 1. The number of carbonyl (C=O) groups excluding carboxylic acids is 2. The summed E-state index contributed by atoms with van der Waals surface area (Å²) in [4.78, 5) is 29.3. The van der Waals surface area contributed by atoms with Crippen LogP contribution < -0.4 is 23.7 Å². The lowest BCUT2D eigenvalue weighted by Gasteiger charge is -2.34. The maximum atomic E-state index is 12.9. The molecule has 0 unspecified atom stereocenters. The molecule has 2 aliphatic rings. The van der Waals surface area contributed by atoms with Crippen LogP contribution >= 0.6 is 0 Å². The Bertz CT molecular complexity index is 1130. The first-order valence-electron chi connectivity index (χ1n) is 11.6. The summed E-state index contributed by atoms with van der Waals surface area (Å²) in [5, 5.41) is 9.05. The summed E-state index contributed by atoms with van der Waals surface area (Å²) in [6.07, 6.45) is 1.60. The van der Waals surface area contributed by atoms with Gasteiger partial charge in [-0.1, -0.05) is 0 Å². The van der Waals surface area contributed by atoms with Gasteiger partial charge < -0.3 is 33.7 Å². The van der Waals surface area contributed by atoms with Crippen LogP contribution in [0.1, 0.15) is 15.9 Å². The van der Waals surface area contributed by atoms with Crippen molar-refractivity contribution < 1.29 is 38.4 Å². The van der Waals surface area contributed by atoms with Gasteiger partial charge in [-0.15, -0.1) is 0 Å². The summed E-state index contributed by atoms with van der Waals surface area (Å²) in [5.41, 5.74) is 1.05. The number of Topliss-reactive ketones (excluding diaryl/α,β-unsaturated/α-hetero) is 1. The van der Waals surface area contributed by atoms with E-state index in [-0.39, 0.29) is 30.7 Å². The molecule has 36 heavy (non-hydrogen) atoms. The molecule has 1 amide bonds. The quantitative estimate of drug-likeness (QED) is 0.518. The van der Waals surface area contributed by atoms with Crippen LogP contribution in [0.5, 0.6) is 28.7 Å². The predicted octanol–water partition coefficient (Wildman–Crippen LogP) is 1.84. The highest BCUT2D eigenvalue weighted by atomic mass is 16.5. The fourth-order valence-electron chi connectivity index (χ4n) is 4.19. The number of benzene rings is 2. The minimum Gasteiger partial charge on any atom is -0.493 e. The van der Waals surface area contributed by atoms with Crippen molar-refractivity contribution in [2.75, 3.05) is 67.3 Å². The van der Waals surface area contributed by atoms with Crippen LogP contribution in [0.4, 0.5) is 0 Å². The third-order valence-corrected chi connectivity index (χ3v) is 6.13. The highest BCUT2D eigenvalue weighted by Gasteiger charge is 2.28. The number of ether oxygens (including phenoxy) is 5. The molecule has 0 aliphatic carbocycles. The number of amides is 1. The fraction of sp³-hybridized carbons (Fsp3) is 0.385. The molecule has 10 heteroatoms. The molecular formula is C26H30N2O8. The molecule has 0 aromatic heterocycles. The van der Waals surface area contributed by atoms with Crippen molar-refractivity contribution in [2.45, 2.75) is 0 Å². The Hall–Kier alpha value is -3.76. The molecule has 192 valence electrons. The maximum Gasteiger partial charge on any atom is 0.260 e. The van der Waals surface area contributed by atoms with E-state index in [2.05, 4.69) is 4.90 Å². The van der Waals surface area contributed by atoms with Crippen molar-refractivity contribution >= 4 is 17.8 Å². The standard InChI is InChI=1S/C26H30N2O8/c1-32-22-13-17(14-23(33-2)26(22)34-3)12-21-25(31)19-5-4-18(15-20(19)36-21)35-16-24(30)28-8-6-27(7-9-28)10-11-29/h4-5,12-15,29H,6-11,16H2,1-3H3. The van der Waals surface area contributed by atoms with Gasteiger partial charge in [0.25, 0.3) is 5.91 Å². The van der Waals surface area contributed by atoms with E-state index in [0.29, 0.717) is 59.5 Å². The second-order valence-electron chi connectivity index (χ2n) is 8.29. The number of hydrogen-bond acceptors (Lipinski definition) is 9. The number of hydrogen-bond donors (Lipinski definition) is 1. The monoisotopic (exact) mass is 498 g/mol. The highest BCUT2D eigenvalue weighted by Crippen LogP contribution is 2.40. The van der Waals surface area contributed by atoms with Gasteiger partial charge >= 0.3 is 0 Å². The summed E-state index contributed by atoms with van der Waals surface area (Å²) >= 11 is 0. The molecule has 10 nitrogen and oxygen atoms in total. The van der Waals surface area contributed by atoms with Gasteiger partial charge in [0.15, 0.2) is 23.9 Å². The van der Waals surface area contributed by atoms with Gasteiger partial charge in [-0.2, -0.15) is 0 Å². The lowest BCUT2D eigenvalue weighted by Crippen LogP contribution is -2.50. The second kappa shape index (κ2) is 11.3. The average molecular weight is 499 g/mol. The number of aliphatic hydroxyl groups is 1. The molecule has 0 bridgehead atoms. The van der Waals surface area contributed by atoms with Crippen molar-refractivity contribution in [3.63, 3.8) is 0 Å². The number of nitrogens with zero attached hydrogens (tertiary/aromatic N) is 2. The van der Waals surface area contributed by atoms with Gasteiger partial charge in [0.05, 0.1) is 33.5 Å². The topological polar surface area (TPSA) is 107 Å². The Labute approximate surface area is 209 Å². The Morgan fingerprint density at radius 3 is 2.33 bits per heavy atom. The zero-order valence-electron chi connectivity index (χ0n) is 20.6. The lowest BCUT2D eigenvalue weighted by atomic mass is 10.1. The van der Waals surface area contributed by atoms with Gasteiger partial charge in [-0.25, -0.2) is 0 Å². The third-order valence-electron chi connectivity index (χ3n) is 6.13. The number of carbonyl (C=O) groups is 2. The summed E-state index contributed by atoms with van der Waals surface area (Å²) in [7, 11) is 4.56. The van der Waals surface area contributed by atoms with Crippen molar-refractivity contribution in [2.24, 2.45) is 0 Å². The zero-order valence-corrected chi connectivity index (χ0v) is 20.6. The van der Waals surface area contributed by atoms with Crippen LogP contribution in [-0.4, -0.2) is 93.9 Å². The van der Waals surface area contributed by atoms with Crippen molar-refractivity contribution in [1.29, 1.82) is 0 Å². The van der Waals surface area contributed by atoms with E-state index < -0.39 is 0 Å². The van der Waals surface area contributed by atoms with Gasteiger partial charge in [0, 0.05) is 38.8 Å². The van der Waals surface area contributed by atoms with Crippen LogP contribution in [0, 0.1) is 0 Å². The smallest absolute Gasteiger partial charge is 0.260 e. The maximum absolute atomic E-state index is 12.9. The molecule has 1 N–H and O–H groups in total. The Morgan fingerprint density at radius 2 is 1.72 bits per heavy atom. The molecule has 0 atom stereocenters. The first-order chi connectivity index (χ1) is 17.5. The molecule has 2 aromatic rings. The van der Waals surface area contributed by atoms with Gasteiger partial charge in [0.1, 0.15) is 11.5 Å². The number of β-amino-alcohol motifs (C(OH)–C–C–N with tert-alkyl or cyclic N) is 1. The molecule has 2 heterocycles. The number of allylic oxidation sites excluding steroid dienone is 1. The fourth-order valence-corrected chi connectivity index (χ4v) is 4.19. The van der Waals surface area contributed by atoms with Crippen molar-refractivity contribution in [1.82, 2.24) is 9.80 Å². The van der Waals surface area contributed by atoms with E-state index in [1.165, 1.54) is 21.3 Å². The average Bonchev–Trinajstić information content (AvgIpc) is 3.21. The predicted molar refractivity (Wildman–Crippen MR) is 131 cm³/mol. The van der Waals surface area contributed by atoms with E-state index in [1.807, 2.05) is 0 Å². The number of ketones is 1. The van der Waals surface area contributed by atoms with Crippen molar-refractivity contribution in [3.05, 3.63) is 47.2 Å². The summed E-state index contributed by atoms with van der Waals surface area (Å²) in [6, 6.07) is 8.32. The number of rotatable bonds is 9. The summed E-state index contributed by atoms with van der Waals surface area (Å²) in [5.74, 6) is 1.94. The van der Waals surface area contributed by atoms with Crippen molar-refractivity contribution in [3.8, 4) is 28.7 Å². The summed E-state index contributed by atoms with van der Waals surface area (Å²) in [6.45, 7) is 3.26. The SMILES string of the molecule is COc1cc(C=C2Oc3cc(OCC(=O)N4CCN(CCO)CC4)ccc3C2=O)cc(OC)c1OC. The number of methoxy groups -OCH3 is 3. The molecule has 0 radical (unpaired) electrons. The number of piperazine rings is 1. The largest absolute Gasteiger partial charge is 0.493 e. The Morgan fingerprint density at radius 1 is 1.03 bits per heavy atom. The molecule has 0 saturated carbocycles. The van der Waals surface area contributed by atoms with Crippen LogP contribution in [0.2, 0.25) is 0 Å². The third kappa shape index (κ3) is 5.39. The Kier molecular flexibility index (Phi) is 7.97. The van der Waals surface area contributed by atoms with E-state index in [4.69, 9.17) is 28.8 Å². The van der Waals surface area contributed by atoms with Crippen LogP contribution in [0.3, 0.4) is 0 Å². The van der Waals surface area contributed by atoms with Crippen LogP contribution in [-0.2, 0) is 4.79 Å². The highest BCUT2D eigenvalue weighted by molar-refractivity contribution is 6.14. The van der Waals surface area contributed by atoms with E-state index >= 15 is 0 Å². The molecular weight excluding hydrogens is 468 g/mol. The summed E-state index contributed by atoms with van der Waals surface area (Å²) < 4.78 is 27.6. The van der Waals surface area contributed by atoms with E-state index in [9.17, 15) is 9.59 Å². The molecule has 2 aromatic carbocycles. The minimum absolute atomic E-state index is 0.110. The molecule has 2 aliphatic heterocycles. The Balaban J connectivity index is 1.42. The van der Waals surface area contributed by atoms with Gasteiger partial charge in [-0.05, 0) is 35.9 Å². The van der Waals surface area contributed by atoms with Gasteiger partial charge in [-0.3, -0.25) is 14.5 Å². The first kappa shape index (κ1) is 25.3. The van der Waals surface area contributed by atoms with E-state index in [0.717, 1.165) is 13.1 Å². The van der Waals surface area contributed by atoms with E-state index in [1.54, 1.807) is 41.3 Å². The van der Waals surface area contributed by atoms with Gasteiger partial charge in [0.2, 0.25) is 11.5 Å². The second-order valence-corrected chi connectivity index (χ2v) is 8.29. The normalized spacial score (nSPS) is 16.5. The molecule has 4 rings (SSSR count). The zero-order chi connectivity index (χ0) is 25.7. The lowest BCUT2D eigenvalue weighted by molar-refractivity contribution is -0.135. The van der Waals surface area contributed by atoms with Crippen LogP contribution in [0.15, 0.2) is 36.1 Å². The first-order valence-corrected chi connectivity index (χ1v) is 11.6.